The molecule has 0 bridgehead atoms. The highest BCUT2D eigenvalue weighted by molar-refractivity contribution is 5.71. The molecular weight excluding hydrogens is 208 g/mol. The van der Waals surface area contributed by atoms with Gasteiger partial charge in [-0.1, -0.05) is 0 Å². The Labute approximate surface area is 91.3 Å². The Hall–Kier alpha value is -1.69. The van der Waals surface area contributed by atoms with E-state index < -0.39 is 0 Å². The fraction of sp³-hybridized carbons (Fsp3) is 0.500. The first-order valence-corrected chi connectivity index (χ1v) is 5.39. The molecule has 0 spiro atoms. The number of fused-ring (bicyclic) bond motifs is 1. The zero-order valence-electron chi connectivity index (χ0n) is 8.72. The number of nitrogens with zero attached hydrogens (tertiary/aromatic N) is 3. The van der Waals surface area contributed by atoms with Gasteiger partial charge in [0.25, 0.3) is 0 Å². The van der Waals surface area contributed by atoms with Gasteiger partial charge in [-0.3, -0.25) is 0 Å². The zero-order valence-corrected chi connectivity index (χ0v) is 8.72. The molecule has 1 aliphatic rings. The van der Waals surface area contributed by atoms with Crippen molar-refractivity contribution in [2.24, 2.45) is 0 Å². The van der Waals surface area contributed by atoms with Crippen molar-refractivity contribution in [2.45, 2.75) is 25.5 Å². The molecule has 0 aromatic carbocycles. The number of hydrogen-bond acceptors (Lipinski definition) is 4. The van der Waals surface area contributed by atoms with E-state index in [0.717, 1.165) is 25.9 Å². The average Bonchev–Trinajstić information content (AvgIpc) is 2.73. The van der Waals surface area contributed by atoms with E-state index in [9.17, 15) is 4.79 Å². The van der Waals surface area contributed by atoms with Crippen LogP contribution in [-0.4, -0.2) is 26.4 Å². The lowest BCUT2D eigenvalue weighted by Crippen LogP contribution is -2.18. The maximum absolute atomic E-state index is 11.0. The lowest BCUT2D eigenvalue weighted by molar-refractivity contribution is -0.0390. The van der Waals surface area contributed by atoms with Gasteiger partial charge in [0.1, 0.15) is 11.7 Å². The molecule has 3 rings (SSSR count). The molecule has 16 heavy (non-hydrogen) atoms. The van der Waals surface area contributed by atoms with Crippen LogP contribution in [0.2, 0.25) is 0 Å². The van der Waals surface area contributed by atoms with Crippen molar-refractivity contribution in [2.75, 3.05) is 6.61 Å². The van der Waals surface area contributed by atoms with Gasteiger partial charge in [0.15, 0.2) is 0 Å². The van der Waals surface area contributed by atoms with E-state index in [-0.39, 0.29) is 11.9 Å². The summed E-state index contributed by atoms with van der Waals surface area (Å²) >= 11 is 0. The summed E-state index contributed by atoms with van der Waals surface area (Å²) in [5, 5.41) is 4.34. The highest BCUT2D eigenvalue weighted by Gasteiger charge is 2.17. The Kier molecular flexibility index (Phi) is 2.21. The van der Waals surface area contributed by atoms with Crippen molar-refractivity contribution in [3.05, 3.63) is 22.9 Å². The summed E-state index contributed by atoms with van der Waals surface area (Å²) in [5.74, 6) is 0. The Balaban J connectivity index is 2.00. The van der Waals surface area contributed by atoms with Gasteiger partial charge in [-0.25, -0.2) is 9.48 Å². The molecule has 1 N–H and O–H groups in total. The predicted molar refractivity (Wildman–Crippen MR) is 57.0 cm³/mol. The van der Waals surface area contributed by atoms with Crippen molar-refractivity contribution in [3.63, 3.8) is 0 Å². The molecule has 1 fully saturated rings. The maximum atomic E-state index is 11.0. The number of hydrogen-bond donors (Lipinski definition) is 1. The number of rotatable bonds is 1. The Morgan fingerprint density at radius 2 is 2.44 bits per heavy atom. The lowest BCUT2D eigenvalue weighted by atomic mass is 10.2. The molecule has 3 heterocycles. The number of nitrogens with one attached hydrogen (secondary N) is 1. The van der Waals surface area contributed by atoms with Crippen LogP contribution in [0, 0.1) is 0 Å². The van der Waals surface area contributed by atoms with Crippen LogP contribution in [0.15, 0.2) is 17.2 Å². The van der Waals surface area contributed by atoms with Crippen molar-refractivity contribution >= 4 is 11.0 Å². The number of aromatic nitrogens is 4. The number of H-pyrrole nitrogens is 1. The molecule has 84 valence electrons. The van der Waals surface area contributed by atoms with Crippen LogP contribution >= 0.6 is 0 Å². The average molecular weight is 220 g/mol. The molecule has 0 amide bonds. The van der Waals surface area contributed by atoms with Crippen LogP contribution in [0.1, 0.15) is 25.5 Å². The van der Waals surface area contributed by atoms with E-state index in [2.05, 4.69) is 15.1 Å². The summed E-state index contributed by atoms with van der Waals surface area (Å²) in [6, 6.07) is 0. The van der Waals surface area contributed by atoms with Crippen molar-refractivity contribution < 1.29 is 4.74 Å². The normalized spacial score (nSPS) is 21.4. The largest absolute Gasteiger partial charge is 0.357 e. The SMILES string of the molecule is O=c1ncc2nn(C3CCCCO3)cc2[nH]1. The minimum atomic E-state index is -0.350. The van der Waals surface area contributed by atoms with E-state index in [1.165, 1.54) is 6.20 Å². The fourth-order valence-corrected chi connectivity index (χ4v) is 1.94. The molecule has 1 atom stereocenters. The minimum absolute atomic E-state index is 0.00958. The highest BCUT2D eigenvalue weighted by Crippen LogP contribution is 2.22. The van der Waals surface area contributed by atoms with Gasteiger partial charge in [-0.2, -0.15) is 10.1 Å². The van der Waals surface area contributed by atoms with Gasteiger partial charge >= 0.3 is 5.69 Å². The second kappa shape index (κ2) is 3.71. The second-order valence-corrected chi connectivity index (χ2v) is 3.92. The minimum Gasteiger partial charge on any atom is -0.357 e. The van der Waals surface area contributed by atoms with E-state index >= 15 is 0 Å². The molecule has 0 radical (unpaired) electrons. The highest BCUT2D eigenvalue weighted by atomic mass is 16.5. The number of ether oxygens (including phenoxy) is 1. The Bertz CT molecular complexity index is 553. The van der Waals surface area contributed by atoms with Crippen LogP contribution in [0.25, 0.3) is 11.0 Å². The van der Waals surface area contributed by atoms with Crippen LogP contribution in [0.4, 0.5) is 0 Å². The van der Waals surface area contributed by atoms with Gasteiger partial charge in [0.2, 0.25) is 0 Å². The Morgan fingerprint density at radius 1 is 1.50 bits per heavy atom. The predicted octanol–water partition coefficient (Wildman–Crippen LogP) is 0.819. The van der Waals surface area contributed by atoms with Crippen molar-refractivity contribution in [1.82, 2.24) is 19.7 Å². The van der Waals surface area contributed by atoms with Crippen molar-refractivity contribution in [1.29, 1.82) is 0 Å². The van der Waals surface area contributed by atoms with E-state index in [1.807, 2.05) is 0 Å². The van der Waals surface area contributed by atoms with Crippen LogP contribution < -0.4 is 5.69 Å². The van der Waals surface area contributed by atoms with Gasteiger partial charge in [0, 0.05) is 6.61 Å². The third-order valence-electron chi connectivity index (χ3n) is 2.76. The summed E-state index contributed by atoms with van der Waals surface area (Å²) in [6.45, 7) is 0.773. The Morgan fingerprint density at radius 3 is 3.25 bits per heavy atom. The molecule has 2 aromatic heterocycles. The lowest BCUT2D eigenvalue weighted by Gasteiger charge is -2.22. The van der Waals surface area contributed by atoms with Gasteiger partial charge in [0.05, 0.1) is 17.9 Å². The first-order valence-electron chi connectivity index (χ1n) is 5.39. The molecule has 1 aliphatic heterocycles. The quantitative estimate of drug-likeness (QED) is 0.772. The monoisotopic (exact) mass is 220 g/mol. The van der Waals surface area contributed by atoms with Gasteiger partial charge < -0.3 is 9.72 Å². The maximum Gasteiger partial charge on any atom is 0.345 e. The van der Waals surface area contributed by atoms with Gasteiger partial charge in [-0.05, 0) is 19.3 Å². The molecule has 0 aliphatic carbocycles. The summed E-state index contributed by atoms with van der Waals surface area (Å²) in [6.07, 6.45) is 6.49. The topological polar surface area (TPSA) is 72.8 Å². The molecule has 2 aromatic rings. The van der Waals surface area contributed by atoms with E-state index in [0.29, 0.717) is 11.0 Å². The molecule has 1 unspecified atom stereocenters. The molecule has 6 heteroatoms. The van der Waals surface area contributed by atoms with Crippen LogP contribution in [0.5, 0.6) is 0 Å². The summed E-state index contributed by atoms with van der Waals surface area (Å²) in [7, 11) is 0. The van der Waals surface area contributed by atoms with Gasteiger partial charge in [-0.15, -0.1) is 0 Å². The molecular formula is C10H12N4O2. The zero-order chi connectivity index (χ0) is 11.0. The fourth-order valence-electron chi connectivity index (χ4n) is 1.94. The molecule has 0 saturated carbocycles. The number of aromatic amines is 1. The standard InChI is InChI=1S/C10H12N4O2/c15-10-11-5-7-8(12-10)6-14(13-7)9-3-1-2-4-16-9/h5-6,9H,1-4H2,(H,12,15). The van der Waals surface area contributed by atoms with E-state index in [4.69, 9.17) is 4.74 Å². The summed E-state index contributed by atoms with van der Waals surface area (Å²) < 4.78 is 7.38. The van der Waals surface area contributed by atoms with E-state index in [1.54, 1.807) is 10.9 Å². The van der Waals surface area contributed by atoms with Crippen LogP contribution in [0.3, 0.4) is 0 Å². The second-order valence-electron chi connectivity index (χ2n) is 3.92. The van der Waals surface area contributed by atoms with Crippen LogP contribution in [-0.2, 0) is 4.74 Å². The first-order chi connectivity index (χ1) is 7.83. The third-order valence-corrected chi connectivity index (χ3v) is 2.76. The summed E-state index contributed by atoms with van der Waals surface area (Å²) in [5.41, 5.74) is 1.04. The van der Waals surface area contributed by atoms with Crippen molar-refractivity contribution in [3.8, 4) is 0 Å². The molecule has 6 nitrogen and oxygen atoms in total. The first kappa shape index (κ1) is 9.53. The summed E-state index contributed by atoms with van der Waals surface area (Å²) in [4.78, 5) is 17.3. The molecule has 1 saturated heterocycles. The third kappa shape index (κ3) is 1.61. The smallest absolute Gasteiger partial charge is 0.345 e.